The molecular formula is C19H30ClN3O4. The summed E-state index contributed by atoms with van der Waals surface area (Å²) in [6.07, 6.45) is 3.36. The van der Waals surface area contributed by atoms with Gasteiger partial charge in [-0.05, 0) is 52.7 Å². The summed E-state index contributed by atoms with van der Waals surface area (Å²) in [7, 11) is 0. The van der Waals surface area contributed by atoms with Gasteiger partial charge in [-0.1, -0.05) is 11.6 Å². The lowest BCUT2D eigenvalue weighted by Gasteiger charge is -2.28. The van der Waals surface area contributed by atoms with Crippen LogP contribution in [0.2, 0.25) is 0 Å². The maximum Gasteiger partial charge on any atom is 0.407 e. The number of amidine groups is 1. The van der Waals surface area contributed by atoms with Gasteiger partial charge in [-0.15, -0.1) is 0 Å². The number of nitrogens with one attached hydrogen (secondary N) is 1. The van der Waals surface area contributed by atoms with Crippen molar-refractivity contribution < 1.29 is 19.1 Å². The monoisotopic (exact) mass is 399 g/mol. The molecule has 0 bridgehead atoms. The molecule has 0 radical (unpaired) electrons. The minimum Gasteiger partial charge on any atom is -0.444 e. The Bertz CT molecular complexity index is 637. The molecule has 27 heavy (non-hydrogen) atoms. The number of carbonyl (C=O) groups excluding carboxylic acids is 2. The summed E-state index contributed by atoms with van der Waals surface area (Å²) in [6, 6.07) is -0.195. The predicted molar refractivity (Wildman–Crippen MR) is 105 cm³/mol. The largest absolute Gasteiger partial charge is 0.444 e. The van der Waals surface area contributed by atoms with E-state index in [4.69, 9.17) is 21.1 Å². The van der Waals surface area contributed by atoms with Crippen LogP contribution in [-0.4, -0.2) is 59.1 Å². The Morgan fingerprint density at radius 3 is 2.78 bits per heavy atom. The molecule has 0 aromatic carbocycles. The number of amides is 2. The number of alkyl carbamates (subject to hydrolysis) is 1. The topological polar surface area (TPSA) is 80.2 Å². The summed E-state index contributed by atoms with van der Waals surface area (Å²) in [6.45, 7) is 10.5. The molecule has 0 aromatic heterocycles. The van der Waals surface area contributed by atoms with Crippen molar-refractivity contribution in [3.63, 3.8) is 0 Å². The number of hydrogen-bond donors (Lipinski definition) is 1. The van der Waals surface area contributed by atoms with E-state index in [9.17, 15) is 9.59 Å². The lowest BCUT2D eigenvalue weighted by molar-refractivity contribution is -0.124. The third kappa shape index (κ3) is 7.14. The Kier molecular flexibility index (Phi) is 6.92. The number of dihydropyridines is 1. The number of likely N-dealkylation sites (tertiary alicyclic amines) is 1. The highest BCUT2D eigenvalue weighted by Crippen LogP contribution is 2.31. The van der Waals surface area contributed by atoms with Crippen LogP contribution < -0.4 is 5.32 Å². The van der Waals surface area contributed by atoms with Gasteiger partial charge in [0.25, 0.3) is 0 Å². The molecule has 1 N–H and O–H groups in total. The molecule has 2 aliphatic rings. The second-order valence-corrected chi connectivity index (χ2v) is 9.12. The van der Waals surface area contributed by atoms with E-state index >= 15 is 0 Å². The first-order chi connectivity index (χ1) is 12.5. The van der Waals surface area contributed by atoms with Crippen molar-refractivity contribution in [3.05, 3.63) is 11.6 Å². The molecule has 1 saturated heterocycles. The summed E-state index contributed by atoms with van der Waals surface area (Å²) in [5.41, 5.74) is 0.437. The van der Waals surface area contributed by atoms with E-state index in [1.807, 2.05) is 40.7 Å². The number of rotatable bonds is 5. The van der Waals surface area contributed by atoms with Crippen molar-refractivity contribution in [2.45, 2.75) is 70.5 Å². The van der Waals surface area contributed by atoms with E-state index in [1.54, 1.807) is 4.90 Å². The minimum atomic E-state index is -0.786. The van der Waals surface area contributed by atoms with Gasteiger partial charge in [0, 0.05) is 19.4 Å². The first-order valence-corrected chi connectivity index (χ1v) is 9.69. The molecule has 2 aliphatic heterocycles. The SMILES string of the molecule is C[C@H](COCC1=CC(N2CCCC2=O)=NC(C)(Cl)C1)NC(=O)OC(C)(C)C. The predicted octanol–water partition coefficient (Wildman–Crippen LogP) is 3.22. The highest BCUT2D eigenvalue weighted by atomic mass is 35.5. The normalized spacial score (nSPS) is 24.4. The van der Waals surface area contributed by atoms with Crippen LogP contribution in [0.4, 0.5) is 4.79 Å². The molecule has 0 aromatic rings. The van der Waals surface area contributed by atoms with Crippen LogP contribution >= 0.6 is 11.6 Å². The summed E-state index contributed by atoms with van der Waals surface area (Å²) in [5.74, 6) is 0.689. The Morgan fingerprint density at radius 2 is 2.19 bits per heavy atom. The highest BCUT2D eigenvalue weighted by Gasteiger charge is 2.31. The number of carbonyl (C=O) groups is 2. The van der Waals surface area contributed by atoms with Crippen molar-refractivity contribution in [1.82, 2.24) is 10.2 Å². The number of ether oxygens (including phenoxy) is 2. The molecule has 2 rings (SSSR count). The first kappa shape index (κ1) is 21.7. The molecular weight excluding hydrogens is 370 g/mol. The van der Waals surface area contributed by atoms with Gasteiger partial charge in [0.2, 0.25) is 5.91 Å². The third-order valence-electron chi connectivity index (χ3n) is 4.00. The Balaban J connectivity index is 1.86. The Labute approximate surface area is 166 Å². The first-order valence-electron chi connectivity index (χ1n) is 9.31. The zero-order valence-corrected chi connectivity index (χ0v) is 17.6. The van der Waals surface area contributed by atoms with Gasteiger partial charge >= 0.3 is 6.09 Å². The molecule has 0 spiro atoms. The molecule has 8 heteroatoms. The van der Waals surface area contributed by atoms with Crippen molar-refractivity contribution in [3.8, 4) is 0 Å². The smallest absolute Gasteiger partial charge is 0.407 e. The van der Waals surface area contributed by atoms with Crippen LogP contribution in [0.5, 0.6) is 0 Å². The van der Waals surface area contributed by atoms with E-state index in [-0.39, 0.29) is 11.9 Å². The summed E-state index contributed by atoms with van der Waals surface area (Å²) in [4.78, 5) is 29.2. The van der Waals surface area contributed by atoms with E-state index in [2.05, 4.69) is 10.3 Å². The molecule has 0 aliphatic carbocycles. The van der Waals surface area contributed by atoms with Gasteiger partial charge in [-0.2, -0.15) is 0 Å². The van der Waals surface area contributed by atoms with E-state index < -0.39 is 16.7 Å². The second kappa shape index (κ2) is 8.61. The summed E-state index contributed by atoms with van der Waals surface area (Å²) >= 11 is 6.46. The van der Waals surface area contributed by atoms with E-state index in [1.165, 1.54) is 0 Å². The standard InChI is InChI=1S/C19H30ClN3O4/c1-13(21-17(25)27-18(2,3)4)11-26-12-14-9-15(22-19(5,20)10-14)23-8-6-7-16(23)24/h9,13H,6-8,10-12H2,1-5H3,(H,21,25)/t13-,19?/m1/s1. The fraction of sp³-hybridized carbons (Fsp3) is 0.737. The van der Waals surface area contributed by atoms with Crippen molar-refractivity contribution >= 4 is 29.4 Å². The van der Waals surface area contributed by atoms with Crippen molar-refractivity contribution in [2.75, 3.05) is 19.8 Å². The van der Waals surface area contributed by atoms with Crippen LogP contribution in [0.3, 0.4) is 0 Å². The number of hydrogen-bond acceptors (Lipinski definition) is 5. The van der Waals surface area contributed by atoms with Gasteiger partial charge in [0.1, 0.15) is 16.4 Å². The molecule has 1 fully saturated rings. The lowest BCUT2D eigenvalue weighted by Crippen LogP contribution is -2.40. The van der Waals surface area contributed by atoms with Crippen LogP contribution in [0, 0.1) is 0 Å². The average molecular weight is 400 g/mol. The lowest BCUT2D eigenvalue weighted by atomic mass is 10.0. The fourth-order valence-electron chi connectivity index (χ4n) is 3.00. The van der Waals surface area contributed by atoms with Crippen LogP contribution in [0.15, 0.2) is 16.6 Å². The highest BCUT2D eigenvalue weighted by molar-refractivity contribution is 6.25. The van der Waals surface area contributed by atoms with Gasteiger partial charge < -0.3 is 14.8 Å². The molecule has 2 amide bonds. The second-order valence-electron chi connectivity index (χ2n) is 8.30. The molecule has 2 atom stereocenters. The Hall–Kier alpha value is -1.60. The van der Waals surface area contributed by atoms with Crippen LogP contribution in [0.25, 0.3) is 0 Å². The zero-order chi connectivity index (χ0) is 20.2. The molecule has 152 valence electrons. The minimum absolute atomic E-state index is 0.0785. The summed E-state index contributed by atoms with van der Waals surface area (Å²) in [5, 5.41) is 2.74. The molecule has 2 heterocycles. The van der Waals surface area contributed by atoms with Crippen LogP contribution in [-0.2, 0) is 14.3 Å². The van der Waals surface area contributed by atoms with Gasteiger partial charge in [0.05, 0.1) is 19.3 Å². The van der Waals surface area contributed by atoms with Crippen molar-refractivity contribution in [2.24, 2.45) is 4.99 Å². The zero-order valence-electron chi connectivity index (χ0n) is 16.8. The number of alkyl halides is 1. The third-order valence-corrected chi connectivity index (χ3v) is 4.22. The van der Waals surface area contributed by atoms with Gasteiger partial charge in [-0.25, -0.2) is 9.79 Å². The maximum absolute atomic E-state index is 12.0. The number of nitrogens with zero attached hydrogens (tertiary/aromatic N) is 2. The quantitative estimate of drug-likeness (QED) is 0.568. The van der Waals surface area contributed by atoms with Crippen molar-refractivity contribution in [1.29, 1.82) is 0 Å². The van der Waals surface area contributed by atoms with Crippen LogP contribution in [0.1, 0.15) is 53.9 Å². The number of aliphatic imine (C=N–C) groups is 1. The molecule has 0 saturated carbocycles. The van der Waals surface area contributed by atoms with E-state index in [0.717, 1.165) is 12.0 Å². The van der Waals surface area contributed by atoms with E-state index in [0.29, 0.717) is 38.4 Å². The average Bonchev–Trinajstić information content (AvgIpc) is 2.89. The fourth-order valence-corrected chi connectivity index (χ4v) is 3.26. The number of halogens is 1. The molecule has 7 nitrogen and oxygen atoms in total. The maximum atomic E-state index is 12.0. The Morgan fingerprint density at radius 1 is 1.48 bits per heavy atom. The van der Waals surface area contributed by atoms with Gasteiger partial charge in [-0.3, -0.25) is 9.69 Å². The van der Waals surface area contributed by atoms with Gasteiger partial charge in [0.15, 0.2) is 0 Å². The molecule has 1 unspecified atom stereocenters. The summed E-state index contributed by atoms with van der Waals surface area (Å²) < 4.78 is 11.0.